The highest BCUT2D eigenvalue weighted by Gasteiger charge is 2.19. The van der Waals surface area contributed by atoms with Gasteiger partial charge in [-0.1, -0.05) is 29.3 Å². The van der Waals surface area contributed by atoms with Crippen molar-refractivity contribution in [2.45, 2.75) is 0 Å². The SMILES string of the molecule is O=C(Nc1ccnc(Cl)c1)c1cccc([N+](=O)[O-])c1Cl. The molecule has 8 heteroatoms. The van der Waals surface area contributed by atoms with Crippen molar-refractivity contribution in [1.29, 1.82) is 0 Å². The fraction of sp³-hybridized carbons (Fsp3) is 0. The number of aromatic nitrogens is 1. The zero-order valence-electron chi connectivity index (χ0n) is 9.84. The second-order valence-corrected chi connectivity index (χ2v) is 4.48. The Morgan fingerprint density at radius 3 is 2.70 bits per heavy atom. The predicted octanol–water partition coefficient (Wildman–Crippen LogP) is 3.55. The van der Waals surface area contributed by atoms with Gasteiger partial charge in [0.1, 0.15) is 10.2 Å². The summed E-state index contributed by atoms with van der Waals surface area (Å²) in [5.41, 5.74) is 0.0958. The number of amides is 1. The average molecular weight is 312 g/mol. The van der Waals surface area contributed by atoms with Gasteiger partial charge in [0, 0.05) is 18.0 Å². The summed E-state index contributed by atoms with van der Waals surface area (Å²) in [5.74, 6) is -0.569. The van der Waals surface area contributed by atoms with Crippen LogP contribution in [-0.2, 0) is 0 Å². The fourth-order valence-electron chi connectivity index (χ4n) is 1.51. The maximum atomic E-state index is 12.0. The van der Waals surface area contributed by atoms with Crippen molar-refractivity contribution >= 4 is 40.5 Å². The molecule has 0 saturated heterocycles. The normalized spacial score (nSPS) is 10.1. The lowest BCUT2D eigenvalue weighted by molar-refractivity contribution is -0.384. The number of hydrogen-bond acceptors (Lipinski definition) is 4. The van der Waals surface area contributed by atoms with Crippen LogP contribution in [0.3, 0.4) is 0 Å². The highest BCUT2D eigenvalue weighted by molar-refractivity contribution is 6.36. The molecule has 102 valence electrons. The standard InChI is InChI=1S/C12H7Cl2N3O3/c13-10-6-7(4-5-15-10)16-12(18)8-2-1-3-9(11(8)14)17(19)20/h1-6H,(H,15,16,18). The second-order valence-electron chi connectivity index (χ2n) is 3.72. The molecule has 1 amide bonds. The minimum atomic E-state index is -0.650. The summed E-state index contributed by atoms with van der Waals surface area (Å²) >= 11 is 11.5. The molecular weight excluding hydrogens is 305 g/mol. The molecule has 0 aliphatic rings. The van der Waals surface area contributed by atoms with Gasteiger partial charge in [-0.25, -0.2) is 4.98 Å². The van der Waals surface area contributed by atoms with Crippen molar-refractivity contribution < 1.29 is 9.72 Å². The van der Waals surface area contributed by atoms with Gasteiger partial charge in [0.2, 0.25) is 0 Å². The Kier molecular flexibility index (Phi) is 4.16. The van der Waals surface area contributed by atoms with Crippen LogP contribution in [-0.4, -0.2) is 15.8 Å². The number of pyridine rings is 1. The van der Waals surface area contributed by atoms with E-state index in [2.05, 4.69) is 10.3 Å². The van der Waals surface area contributed by atoms with Gasteiger partial charge in [-0.05, 0) is 18.2 Å². The van der Waals surface area contributed by atoms with Gasteiger partial charge in [0.25, 0.3) is 11.6 Å². The Balaban J connectivity index is 2.30. The lowest BCUT2D eigenvalue weighted by Crippen LogP contribution is -2.13. The van der Waals surface area contributed by atoms with Crippen LogP contribution in [0.4, 0.5) is 11.4 Å². The maximum absolute atomic E-state index is 12.0. The zero-order chi connectivity index (χ0) is 14.7. The number of carbonyl (C=O) groups excluding carboxylic acids is 1. The molecule has 2 rings (SSSR count). The van der Waals surface area contributed by atoms with Crippen molar-refractivity contribution in [3.8, 4) is 0 Å². The molecule has 0 aliphatic carbocycles. The predicted molar refractivity (Wildman–Crippen MR) is 75.3 cm³/mol. The second kappa shape index (κ2) is 5.85. The van der Waals surface area contributed by atoms with Crippen LogP contribution in [0.5, 0.6) is 0 Å². The molecule has 6 nitrogen and oxygen atoms in total. The number of rotatable bonds is 3. The van der Waals surface area contributed by atoms with Crippen molar-refractivity contribution in [2.75, 3.05) is 5.32 Å². The lowest BCUT2D eigenvalue weighted by atomic mass is 10.2. The first-order valence-electron chi connectivity index (χ1n) is 5.35. The van der Waals surface area contributed by atoms with E-state index in [1.54, 1.807) is 0 Å². The number of hydrogen-bond donors (Lipinski definition) is 1. The summed E-state index contributed by atoms with van der Waals surface area (Å²) in [6.07, 6.45) is 1.42. The van der Waals surface area contributed by atoms with E-state index in [-0.39, 0.29) is 21.4 Å². The topological polar surface area (TPSA) is 85.1 Å². The summed E-state index contributed by atoms with van der Waals surface area (Å²) in [7, 11) is 0. The van der Waals surface area contributed by atoms with E-state index in [0.29, 0.717) is 5.69 Å². The molecular formula is C12H7Cl2N3O3. The summed E-state index contributed by atoms with van der Waals surface area (Å²) in [5, 5.41) is 13.3. The molecule has 0 fully saturated rings. The van der Waals surface area contributed by atoms with Crippen LogP contribution < -0.4 is 5.32 Å². The molecule has 0 atom stereocenters. The van der Waals surface area contributed by atoms with Crippen LogP contribution in [0.1, 0.15) is 10.4 Å². The van der Waals surface area contributed by atoms with Crippen LogP contribution >= 0.6 is 23.2 Å². The molecule has 0 aliphatic heterocycles. The highest BCUT2D eigenvalue weighted by Crippen LogP contribution is 2.28. The molecule has 1 aromatic heterocycles. The van der Waals surface area contributed by atoms with Crippen LogP contribution in [0.25, 0.3) is 0 Å². The van der Waals surface area contributed by atoms with E-state index in [0.717, 1.165) is 0 Å². The fourth-order valence-corrected chi connectivity index (χ4v) is 1.97. The Hall–Kier alpha value is -2.18. The number of nitro benzene ring substituents is 1. The number of halogens is 2. The van der Waals surface area contributed by atoms with Crippen molar-refractivity contribution in [2.24, 2.45) is 0 Å². The first-order chi connectivity index (χ1) is 9.49. The van der Waals surface area contributed by atoms with Crippen molar-refractivity contribution in [3.63, 3.8) is 0 Å². The molecule has 20 heavy (non-hydrogen) atoms. The number of anilines is 1. The van der Waals surface area contributed by atoms with Crippen LogP contribution in [0.2, 0.25) is 10.2 Å². The highest BCUT2D eigenvalue weighted by atomic mass is 35.5. The van der Waals surface area contributed by atoms with Crippen molar-refractivity contribution in [3.05, 3.63) is 62.4 Å². The van der Waals surface area contributed by atoms with Gasteiger partial charge >= 0.3 is 0 Å². The summed E-state index contributed by atoms with van der Waals surface area (Å²) in [6.45, 7) is 0. The Morgan fingerprint density at radius 2 is 2.05 bits per heavy atom. The third-order valence-corrected chi connectivity index (χ3v) is 3.01. The quantitative estimate of drug-likeness (QED) is 0.533. The summed E-state index contributed by atoms with van der Waals surface area (Å²) in [6, 6.07) is 6.99. The number of nitrogens with zero attached hydrogens (tertiary/aromatic N) is 2. The first kappa shape index (κ1) is 14.2. The number of carbonyl (C=O) groups is 1. The van der Waals surface area contributed by atoms with E-state index < -0.39 is 10.8 Å². The van der Waals surface area contributed by atoms with E-state index in [9.17, 15) is 14.9 Å². The largest absolute Gasteiger partial charge is 0.322 e. The van der Waals surface area contributed by atoms with E-state index in [4.69, 9.17) is 23.2 Å². The molecule has 0 spiro atoms. The minimum Gasteiger partial charge on any atom is -0.322 e. The van der Waals surface area contributed by atoms with Gasteiger partial charge in [-0.15, -0.1) is 0 Å². The zero-order valence-corrected chi connectivity index (χ0v) is 11.4. The van der Waals surface area contributed by atoms with Gasteiger partial charge < -0.3 is 5.32 Å². The monoisotopic (exact) mass is 311 g/mol. The van der Waals surface area contributed by atoms with Gasteiger partial charge in [-0.2, -0.15) is 0 Å². The molecule has 0 bridgehead atoms. The van der Waals surface area contributed by atoms with Gasteiger partial charge in [0.05, 0.1) is 10.5 Å². The van der Waals surface area contributed by atoms with Gasteiger partial charge in [-0.3, -0.25) is 14.9 Å². The van der Waals surface area contributed by atoms with E-state index in [1.165, 1.54) is 36.5 Å². The summed E-state index contributed by atoms with van der Waals surface area (Å²) in [4.78, 5) is 25.9. The number of nitro groups is 1. The number of benzene rings is 1. The van der Waals surface area contributed by atoms with E-state index >= 15 is 0 Å². The lowest BCUT2D eigenvalue weighted by Gasteiger charge is -2.06. The molecule has 1 heterocycles. The maximum Gasteiger partial charge on any atom is 0.288 e. The Morgan fingerprint density at radius 1 is 1.30 bits per heavy atom. The van der Waals surface area contributed by atoms with Crippen LogP contribution in [0.15, 0.2) is 36.5 Å². The minimum absolute atomic E-state index is 0.00815. The van der Waals surface area contributed by atoms with Crippen LogP contribution in [0, 0.1) is 10.1 Å². The average Bonchev–Trinajstić information content (AvgIpc) is 2.38. The molecule has 1 N–H and O–H groups in total. The molecule has 0 unspecified atom stereocenters. The molecule has 1 aromatic carbocycles. The summed E-state index contributed by atoms with van der Waals surface area (Å²) < 4.78 is 0. The third-order valence-electron chi connectivity index (χ3n) is 2.40. The third kappa shape index (κ3) is 3.04. The van der Waals surface area contributed by atoms with Gasteiger partial charge in [0.15, 0.2) is 0 Å². The molecule has 0 saturated carbocycles. The van der Waals surface area contributed by atoms with Crippen molar-refractivity contribution in [1.82, 2.24) is 4.98 Å². The Labute approximate surface area is 123 Å². The number of nitrogens with one attached hydrogen (secondary N) is 1. The Bertz CT molecular complexity index is 691. The smallest absolute Gasteiger partial charge is 0.288 e. The van der Waals surface area contributed by atoms with E-state index in [1.807, 2.05) is 0 Å². The molecule has 0 radical (unpaired) electrons. The molecule has 2 aromatic rings. The first-order valence-corrected chi connectivity index (χ1v) is 6.10.